The first-order chi connectivity index (χ1) is 4.84. The van der Waals surface area contributed by atoms with Crippen LogP contribution >= 0.6 is 0 Å². The number of hydrogen-bond donors (Lipinski definition) is 0. The van der Waals surface area contributed by atoms with Gasteiger partial charge in [0.1, 0.15) is 5.75 Å². The summed E-state index contributed by atoms with van der Waals surface area (Å²) in [7, 11) is 1.06. The highest BCUT2D eigenvalue weighted by Gasteiger charge is 1.92. The second-order valence-corrected chi connectivity index (χ2v) is 3.28. The molecule has 0 saturated carbocycles. The summed E-state index contributed by atoms with van der Waals surface area (Å²) in [5, 5.41) is 1.34. The Balaban J connectivity index is 2.81. The fraction of sp³-hybridized carbons (Fsp3) is 0.250. The normalized spacial score (nSPS) is 9.70. The van der Waals surface area contributed by atoms with Gasteiger partial charge in [-0.25, -0.2) is 0 Å². The van der Waals surface area contributed by atoms with Crippen LogP contribution in [0.25, 0.3) is 0 Å². The zero-order valence-electron chi connectivity index (χ0n) is 6.42. The zero-order chi connectivity index (χ0) is 7.40. The molecule has 0 unspecified atom stereocenters. The summed E-state index contributed by atoms with van der Waals surface area (Å²) in [5.74, 6) is 1.05. The Kier molecular flexibility index (Phi) is 2.51. The van der Waals surface area contributed by atoms with E-state index in [1.807, 2.05) is 25.1 Å². The van der Waals surface area contributed by atoms with Gasteiger partial charge in [0.2, 0.25) is 0 Å². The molecule has 0 saturated heterocycles. The molecule has 0 atom stereocenters. The van der Waals surface area contributed by atoms with E-state index in [9.17, 15) is 0 Å². The molecule has 0 fully saturated rings. The molecule has 2 heteroatoms. The van der Waals surface area contributed by atoms with E-state index in [-0.39, 0.29) is 0 Å². The van der Waals surface area contributed by atoms with Crippen molar-refractivity contribution < 1.29 is 4.74 Å². The molecule has 0 radical (unpaired) electrons. The van der Waals surface area contributed by atoms with Gasteiger partial charge in [-0.3, -0.25) is 0 Å². The molecule has 1 aromatic carbocycles. The standard InChI is InChI=1S/C8H12OSi/c1-2-9-7-5-3-4-6-8(7)10/h3-6H,2H2,1,10H3. The fourth-order valence-corrected chi connectivity index (χ4v) is 1.38. The number of para-hydroxylation sites is 1. The SMILES string of the molecule is CCOc1ccccc1[SiH3]. The van der Waals surface area contributed by atoms with Crippen LogP contribution in [0.5, 0.6) is 5.75 Å². The van der Waals surface area contributed by atoms with Crippen LogP contribution in [0.3, 0.4) is 0 Å². The Morgan fingerprint density at radius 3 is 2.70 bits per heavy atom. The van der Waals surface area contributed by atoms with Crippen molar-refractivity contribution in [3.63, 3.8) is 0 Å². The molecule has 0 spiro atoms. The molecule has 0 aliphatic carbocycles. The lowest BCUT2D eigenvalue weighted by Crippen LogP contribution is -2.07. The van der Waals surface area contributed by atoms with E-state index in [1.165, 1.54) is 5.19 Å². The smallest absolute Gasteiger partial charge is 0.117 e. The molecule has 0 amide bonds. The van der Waals surface area contributed by atoms with Crippen molar-refractivity contribution in [2.24, 2.45) is 0 Å². The highest BCUT2D eigenvalue weighted by molar-refractivity contribution is 6.34. The second-order valence-electron chi connectivity index (χ2n) is 2.20. The lowest BCUT2D eigenvalue weighted by Gasteiger charge is -2.04. The number of hydrogen-bond acceptors (Lipinski definition) is 1. The van der Waals surface area contributed by atoms with Gasteiger partial charge in [-0.2, -0.15) is 0 Å². The van der Waals surface area contributed by atoms with Crippen LogP contribution in [-0.2, 0) is 0 Å². The van der Waals surface area contributed by atoms with Crippen molar-refractivity contribution >= 4 is 15.4 Å². The summed E-state index contributed by atoms with van der Waals surface area (Å²) in [4.78, 5) is 0. The Labute approximate surface area is 64.4 Å². The maximum Gasteiger partial charge on any atom is 0.117 e. The van der Waals surface area contributed by atoms with E-state index in [0.717, 1.165) is 22.6 Å². The molecule has 1 rings (SSSR count). The monoisotopic (exact) mass is 152 g/mol. The zero-order valence-corrected chi connectivity index (χ0v) is 8.42. The average molecular weight is 152 g/mol. The van der Waals surface area contributed by atoms with Gasteiger partial charge in [-0.05, 0) is 18.2 Å². The molecular formula is C8H12OSi. The molecule has 0 aliphatic heterocycles. The van der Waals surface area contributed by atoms with Crippen LogP contribution < -0.4 is 9.92 Å². The van der Waals surface area contributed by atoms with E-state index in [4.69, 9.17) is 4.74 Å². The first kappa shape index (κ1) is 7.35. The first-order valence-electron chi connectivity index (χ1n) is 3.53. The van der Waals surface area contributed by atoms with Crippen molar-refractivity contribution in [2.45, 2.75) is 6.92 Å². The largest absolute Gasteiger partial charge is 0.494 e. The van der Waals surface area contributed by atoms with Gasteiger partial charge in [0.15, 0.2) is 0 Å². The number of benzene rings is 1. The number of ether oxygens (including phenoxy) is 1. The van der Waals surface area contributed by atoms with E-state index in [2.05, 4.69) is 6.07 Å². The lowest BCUT2D eigenvalue weighted by atomic mass is 10.3. The molecule has 54 valence electrons. The predicted molar refractivity (Wildman–Crippen MR) is 47.2 cm³/mol. The molecule has 1 nitrogen and oxygen atoms in total. The third-order valence-corrected chi connectivity index (χ3v) is 2.22. The minimum absolute atomic E-state index is 0.763. The summed E-state index contributed by atoms with van der Waals surface area (Å²) in [6, 6.07) is 8.18. The molecule has 1 aromatic rings. The summed E-state index contributed by atoms with van der Waals surface area (Å²) in [5.41, 5.74) is 0. The Bertz CT molecular complexity index is 210. The van der Waals surface area contributed by atoms with Gasteiger partial charge >= 0.3 is 0 Å². The topological polar surface area (TPSA) is 9.23 Å². The third-order valence-electron chi connectivity index (χ3n) is 1.39. The van der Waals surface area contributed by atoms with Crippen LogP contribution in [0, 0.1) is 0 Å². The summed E-state index contributed by atoms with van der Waals surface area (Å²) in [6.07, 6.45) is 0. The minimum Gasteiger partial charge on any atom is -0.494 e. The van der Waals surface area contributed by atoms with Crippen molar-refractivity contribution in [1.82, 2.24) is 0 Å². The van der Waals surface area contributed by atoms with Gasteiger partial charge in [-0.1, -0.05) is 18.2 Å². The third kappa shape index (κ3) is 1.61. The average Bonchev–Trinajstić information content (AvgIpc) is 1.94. The quantitative estimate of drug-likeness (QED) is 0.545. The maximum absolute atomic E-state index is 5.37. The summed E-state index contributed by atoms with van der Waals surface area (Å²) >= 11 is 0. The van der Waals surface area contributed by atoms with Gasteiger partial charge in [-0.15, -0.1) is 0 Å². The minimum atomic E-state index is 0.763. The van der Waals surface area contributed by atoms with Crippen LogP contribution in [0.1, 0.15) is 6.92 Å². The molecule has 0 aliphatic rings. The Hall–Kier alpha value is -0.763. The lowest BCUT2D eigenvalue weighted by molar-refractivity contribution is 0.343. The van der Waals surface area contributed by atoms with Crippen LogP contribution in [0.2, 0.25) is 0 Å². The van der Waals surface area contributed by atoms with Crippen LogP contribution in [0.4, 0.5) is 0 Å². The Morgan fingerprint density at radius 1 is 1.40 bits per heavy atom. The molecule has 10 heavy (non-hydrogen) atoms. The highest BCUT2D eigenvalue weighted by atomic mass is 28.1. The van der Waals surface area contributed by atoms with Crippen LogP contribution in [0.15, 0.2) is 24.3 Å². The second kappa shape index (κ2) is 3.42. The Morgan fingerprint density at radius 2 is 2.10 bits per heavy atom. The highest BCUT2D eigenvalue weighted by Crippen LogP contribution is 2.03. The van der Waals surface area contributed by atoms with Gasteiger partial charge in [0.05, 0.1) is 6.61 Å². The van der Waals surface area contributed by atoms with E-state index in [1.54, 1.807) is 0 Å². The van der Waals surface area contributed by atoms with Crippen molar-refractivity contribution in [2.75, 3.05) is 6.61 Å². The van der Waals surface area contributed by atoms with Crippen molar-refractivity contribution in [1.29, 1.82) is 0 Å². The number of rotatable bonds is 2. The van der Waals surface area contributed by atoms with E-state index >= 15 is 0 Å². The van der Waals surface area contributed by atoms with Crippen molar-refractivity contribution in [3.05, 3.63) is 24.3 Å². The van der Waals surface area contributed by atoms with Gasteiger partial charge in [0, 0.05) is 10.2 Å². The predicted octanol–water partition coefficient (Wildman–Crippen LogP) is 0.0760. The molecule has 0 heterocycles. The van der Waals surface area contributed by atoms with E-state index in [0.29, 0.717) is 0 Å². The fourth-order valence-electron chi connectivity index (χ4n) is 0.874. The molecule has 0 aromatic heterocycles. The summed E-state index contributed by atoms with van der Waals surface area (Å²) in [6.45, 7) is 2.77. The molecule has 0 bridgehead atoms. The maximum atomic E-state index is 5.37. The molecular weight excluding hydrogens is 140 g/mol. The van der Waals surface area contributed by atoms with Crippen LogP contribution in [-0.4, -0.2) is 16.8 Å². The van der Waals surface area contributed by atoms with Crippen molar-refractivity contribution in [3.8, 4) is 5.75 Å². The summed E-state index contributed by atoms with van der Waals surface area (Å²) < 4.78 is 5.37. The van der Waals surface area contributed by atoms with Gasteiger partial charge < -0.3 is 4.74 Å². The first-order valence-corrected chi connectivity index (χ1v) is 4.53. The molecule has 0 N–H and O–H groups in total. The van der Waals surface area contributed by atoms with E-state index < -0.39 is 0 Å². The van der Waals surface area contributed by atoms with Gasteiger partial charge in [0.25, 0.3) is 0 Å².